The molecule has 0 N–H and O–H groups in total. The van der Waals surface area contributed by atoms with Crippen molar-refractivity contribution < 1.29 is 4.79 Å². The van der Waals surface area contributed by atoms with Crippen LogP contribution in [0.1, 0.15) is 11.7 Å². The predicted molar refractivity (Wildman–Crippen MR) is 56.5 cm³/mol. The van der Waals surface area contributed by atoms with E-state index >= 15 is 0 Å². The maximum absolute atomic E-state index is 11.0. The molecule has 0 unspecified atom stereocenters. The Balaban J connectivity index is 2.39. The van der Waals surface area contributed by atoms with E-state index in [0.29, 0.717) is 0 Å². The van der Waals surface area contributed by atoms with Crippen molar-refractivity contribution in [2.75, 3.05) is 0 Å². The molecule has 0 atom stereocenters. The molecule has 70 valence electrons. The van der Waals surface area contributed by atoms with E-state index < -0.39 is 0 Å². The maximum Gasteiger partial charge on any atom is 0.247 e. The zero-order chi connectivity index (χ0) is 9.97. The summed E-state index contributed by atoms with van der Waals surface area (Å²) in [5.41, 5.74) is 1.91. The summed E-state index contributed by atoms with van der Waals surface area (Å²) in [5, 5.41) is 4.19. The van der Waals surface area contributed by atoms with Crippen LogP contribution in [0.2, 0.25) is 0 Å². The van der Waals surface area contributed by atoms with Crippen molar-refractivity contribution in [3.63, 3.8) is 0 Å². The highest BCUT2D eigenvalue weighted by atomic mass is 31.0. The summed E-state index contributed by atoms with van der Waals surface area (Å²) in [5.74, 6) is 1.89. The van der Waals surface area contributed by atoms with Crippen molar-refractivity contribution in [1.29, 1.82) is 0 Å². The Kier molecular flexibility index (Phi) is 2.42. The van der Waals surface area contributed by atoms with Crippen molar-refractivity contribution in [3.05, 3.63) is 36.1 Å². The van der Waals surface area contributed by atoms with Crippen LogP contribution in [0.4, 0.5) is 0 Å². The van der Waals surface area contributed by atoms with Gasteiger partial charge in [0.05, 0.1) is 5.69 Å². The molecule has 0 aliphatic carbocycles. The first-order valence-corrected chi connectivity index (χ1v) is 5.18. The second-order valence-corrected chi connectivity index (χ2v) is 3.77. The second-order valence-electron chi connectivity index (χ2n) is 2.90. The highest BCUT2D eigenvalue weighted by molar-refractivity contribution is 7.26. The quantitative estimate of drug-likeness (QED) is 0.715. The first kappa shape index (κ1) is 9.10. The fourth-order valence-electron chi connectivity index (χ4n) is 1.16. The Morgan fingerprint density at radius 2 is 2.07 bits per heavy atom. The van der Waals surface area contributed by atoms with Crippen LogP contribution in [0.5, 0.6) is 0 Å². The number of carbonyl (C=O) groups is 1. The van der Waals surface area contributed by atoms with Crippen LogP contribution in [0.3, 0.4) is 0 Å². The number of hydrogen-bond donors (Lipinski definition) is 0. The van der Waals surface area contributed by atoms with Crippen LogP contribution in [-0.4, -0.2) is 15.5 Å². The molecule has 0 bridgehead atoms. The lowest BCUT2D eigenvalue weighted by Crippen LogP contribution is -2.02. The molecule has 0 saturated carbocycles. The smallest absolute Gasteiger partial charge is 0.247 e. The van der Waals surface area contributed by atoms with Gasteiger partial charge in [-0.1, -0.05) is 30.3 Å². The minimum absolute atomic E-state index is 0.0335. The third-order valence-electron chi connectivity index (χ3n) is 1.84. The average molecular weight is 204 g/mol. The van der Waals surface area contributed by atoms with Gasteiger partial charge >= 0.3 is 0 Å². The largest absolute Gasteiger partial charge is 0.273 e. The Hall–Kier alpha value is -1.47. The van der Waals surface area contributed by atoms with Crippen molar-refractivity contribution in [2.45, 2.75) is 6.92 Å². The Labute approximate surface area is 83.5 Å². The average Bonchev–Trinajstić information content (AvgIpc) is 2.68. The fraction of sp³-hybridized carbons (Fsp3) is 0.100. The molecular weight excluding hydrogens is 195 g/mol. The van der Waals surface area contributed by atoms with E-state index in [0.717, 1.165) is 19.6 Å². The molecule has 0 amide bonds. The lowest BCUT2D eigenvalue weighted by atomic mass is 10.2. The van der Waals surface area contributed by atoms with Gasteiger partial charge in [-0.3, -0.25) is 4.79 Å². The van der Waals surface area contributed by atoms with Crippen molar-refractivity contribution >= 4 is 14.3 Å². The molecule has 1 aromatic carbocycles. The van der Waals surface area contributed by atoms with Crippen molar-refractivity contribution in [1.82, 2.24) is 9.54 Å². The molecule has 0 spiro atoms. The molecular formula is C10H9N2OP. The molecule has 2 rings (SSSR count). The van der Waals surface area contributed by atoms with Gasteiger partial charge in [0.2, 0.25) is 5.91 Å². The van der Waals surface area contributed by atoms with Gasteiger partial charge in [-0.25, -0.2) is 0 Å². The van der Waals surface area contributed by atoms with Crippen LogP contribution in [-0.2, 0) is 0 Å². The summed E-state index contributed by atoms with van der Waals surface area (Å²) >= 11 is 0. The number of carbonyl (C=O) groups excluding carboxylic acids is 1. The van der Waals surface area contributed by atoms with E-state index in [1.807, 2.05) is 36.1 Å². The summed E-state index contributed by atoms with van der Waals surface area (Å²) in [6, 6.07) is 9.83. The third-order valence-corrected chi connectivity index (χ3v) is 2.79. The number of benzene rings is 1. The van der Waals surface area contributed by atoms with Crippen molar-refractivity contribution in [2.24, 2.45) is 0 Å². The standard InChI is InChI=1S/C10H9N2OP/c1-8(13)12-11-10(7-14-12)9-5-3-2-4-6-9/h2-7H,1H3. The lowest BCUT2D eigenvalue weighted by Gasteiger charge is -1.94. The van der Waals surface area contributed by atoms with Crippen molar-refractivity contribution in [3.8, 4) is 11.3 Å². The zero-order valence-electron chi connectivity index (χ0n) is 7.71. The first-order valence-electron chi connectivity index (χ1n) is 4.26. The summed E-state index contributed by atoms with van der Waals surface area (Å²) in [4.78, 5) is 11.0. The summed E-state index contributed by atoms with van der Waals surface area (Å²) in [6.45, 7) is 1.51. The van der Waals surface area contributed by atoms with E-state index in [2.05, 4.69) is 5.10 Å². The number of hydrogen-bond acceptors (Lipinski definition) is 2. The molecule has 0 aliphatic heterocycles. The van der Waals surface area contributed by atoms with Gasteiger partial charge in [-0.05, 0) is 0 Å². The molecule has 0 radical (unpaired) electrons. The van der Waals surface area contributed by atoms with E-state index in [9.17, 15) is 4.79 Å². The van der Waals surface area contributed by atoms with Gasteiger partial charge in [0.1, 0.15) is 0 Å². The summed E-state index contributed by atoms with van der Waals surface area (Å²) in [7, 11) is 0.825. The maximum atomic E-state index is 11.0. The van der Waals surface area contributed by atoms with E-state index in [1.54, 1.807) is 0 Å². The van der Waals surface area contributed by atoms with Gasteiger partial charge < -0.3 is 0 Å². The SMILES string of the molecule is CC(=O)n1nc(-c2ccccc2)cp1. The lowest BCUT2D eigenvalue weighted by molar-refractivity contribution is 0.0935. The topological polar surface area (TPSA) is 34.9 Å². The molecule has 1 aromatic heterocycles. The molecule has 0 aliphatic rings. The van der Waals surface area contributed by atoms with Crippen LogP contribution in [0.15, 0.2) is 36.1 Å². The number of nitrogens with zero attached hydrogens (tertiary/aromatic N) is 2. The molecule has 14 heavy (non-hydrogen) atoms. The molecule has 2 aromatic rings. The third kappa shape index (κ3) is 1.73. The second kappa shape index (κ2) is 3.72. The molecule has 3 nitrogen and oxygen atoms in total. The van der Waals surface area contributed by atoms with Gasteiger partial charge in [0.15, 0.2) is 0 Å². The Morgan fingerprint density at radius 3 is 2.64 bits per heavy atom. The minimum Gasteiger partial charge on any atom is -0.273 e. The van der Waals surface area contributed by atoms with Crippen LogP contribution < -0.4 is 0 Å². The normalized spacial score (nSPS) is 10.6. The van der Waals surface area contributed by atoms with Gasteiger partial charge in [-0.2, -0.15) is 9.54 Å². The fourth-order valence-corrected chi connectivity index (χ4v) is 1.89. The van der Waals surface area contributed by atoms with Gasteiger partial charge in [-0.15, -0.1) is 0 Å². The van der Waals surface area contributed by atoms with Crippen LogP contribution in [0.25, 0.3) is 11.3 Å². The summed E-state index contributed by atoms with van der Waals surface area (Å²) < 4.78 is 1.43. The highest BCUT2D eigenvalue weighted by Gasteiger charge is 2.03. The summed E-state index contributed by atoms with van der Waals surface area (Å²) in [6.07, 6.45) is 0. The highest BCUT2D eigenvalue weighted by Crippen LogP contribution is 2.20. The first-order chi connectivity index (χ1) is 6.77. The number of rotatable bonds is 1. The molecule has 0 saturated heterocycles. The Bertz CT molecular complexity index is 450. The van der Waals surface area contributed by atoms with Crippen LogP contribution >= 0.6 is 8.35 Å². The molecule has 4 heteroatoms. The van der Waals surface area contributed by atoms with Gasteiger partial charge in [0.25, 0.3) is 0 Å². The molecule has 1 heterocycles. The van der Waals surface area contributed by atoms with Gasteiger partial charge in [0, 0.05) is 26.6 Å². The zero-order valence-corrected chi connectivity index (χ0v) is 8.61. The number of aromatic nitrogens is 2. The monoisotopic (exact) mass is 204 g/mol. The van der Waals surface area contributed by atoms with E-state index in [4.69, 9.17) is 0 Å². The predicted octanol–water partition coefficient (Wildman–Crippen LogP) is 2.79. The molecule has 0 fully saturated rings. The van der Waals surface area contributed by atoms with E-state index in [-0.39, 0.29) is 5.91 Å². The van der Waals surface area contributed by atoms with Crippen LogP contribution in [0, 0.1) is 0 Å². The minimum atomic E-state index is -0.0335. The van der Waals surface area contributed by atoms with E-state index in [1.165, 1.54) is 11.4 Å². The Morgan fingerprint density at radius 1 is 1.36 bits per heavy atom.